The number of hydrogen-bond acceptors (Lipinski definition) is 3. The van der Waals surface area contributed by atoms with E-state index in [0.29, 0.717) is 101 Å². The summed E-state index contributed by atoms with van der Waals surface area (Å²) in [5.74, 6) is 0.302. The number of alkyl halides is 12. The molecule has 5 nitrogen and oxygen atoms in total. The van der Waals surface area contributed by atoms with E-state index in [1.54, 1.807) is 78.9 Å². The lowest BCUT2D eigenvalue weighted by molar-refractivity contribution is -0.144. The highest BCUT2D eigenvalue weighted by Gasteiger charge is 2.40. The zero-order chi connectivity index (χ0) is 60.0. The number of para-hydroxylation sites is 2. The lowest BCUT2D eigenvalue weighted by atomic mass is 9.95. The highest BCUT2D eigenvalue weighted by atomic mass is 19.4. The number of nitrogens with zero attached hydrogens (tertiary/aromatic N) is 5. The van der Waals surface area contributed by atoms with Crippen LogP contribution in [0.4, 0.5) is 52.7 Å². The number of benzene rings is 10. The van der Waals surface area contributed by atoms with Crippen LogP contribution in [0.1, 0.15) is 27.8 Å². The molecule has 0 aliphatic heterocycles. The Balaban J connectivity index is 1.05. The van der Waals surface area contributed by atoms with E-state index < -0.39 is 58.1 Å². The monoisotopic (exact) mass is 1160 g/mol. The maximum atomic E-state index is 14.7. The predicted octanol–water partition coefficient (Wildman–Crippen LogP) is 20.6. The Bertz CT molecular complexity index is 4830. The summed E-state index contributed by atoms with van der Waals surface area (Å²) in [5.41, 5.74) is 0.632. The molecule has 0 N–H and O–H groups in total. The van der Waals surface area contributed by atoms with Crippen molar-refractivity contribution in [2.24, 2.45) is 0 Å². The van der Waals surface area contributed by atoms with Gasteiger partial charge in [0, 0.05) is 55.0 Å². The van der Waals surface area contributed by atoms with E-state index in [1.165, 1.54) is 24.3 Å². The van der Waals surface area contributed by atoms with Gasteiger partial charge in [0.15, 0.2) is 5.82 Å². The molecule has 86 heavy (non-hydrogen) atoms. The van der Waals surface area contributed by atoms with Crippen LogP contribution in [0.5, 0.6) is 0 Å². The second-order valence-corrected chi connectivity index (χ2v) is 20.4. The first kappa shape index (κ1) is 54.8. The van der Waals surface area contributed by atoms with Gasteiger partial charge in [0.05, 0.1) is 73.0 Å². The topological polar surface area (TPSA) is 59.4 Å². The second-order valence-electron chi connectivity index (χ2n) is 20.4. The third-order valence-corrected chi connectivity index (χ3v) is 15.3. The number of aromatic nitrogens is 4. The van der Waals surface area contributed by atoms with Crippen molar-refractivity contribution in [3.63, 3.8) is 0 Å². The van der Waals surface area contributed by atoms with Gasteiger partial charge in [-0.1, -0.05) is 121 Å². The van der Waals surface area contributed by atoms with Crippen molar-refractivity contribution in [1.82, 2.24) is 19.1 Å². The minimum atomic E-state index is -5.16. The summed E-state index contributed by atoms with van der Waals surface area (Å²) in [4.78, 5) is 10.2. The quantitative estimate of drug-likeness (QED) is 0.142. The smallest absolute Gasteiger partial charge is 0.309 e. The molecular formula is C69H37F12N5. The minimum absolute atomic E-state index is 0.000363. The molecule has 0 aliphatic rings. The number of halogens is 12. The molecule has 0 saturated carbocycles. The van der Waals surface area contributed by atoms with Crippen molar-refractivity contribution in [1.29, 1.82) is 5.26 Å². The first-order chi connectivity index (χ1) is 41.1. The third kappa shape index (κ3) is 9.72. The van der Waals surface area contributed by atoms with Crippen LogP contribution < -0.4 is 0 Å². The number of rotatable bonds is 8. The van der Waals surface area contributed by atoms with Crippen molar-refractivity contribution in [2.75, 3.05) is 0 Å². The van der Waals surface area contributed by atoms with Gasteiger partial charge in [-0.3, -0.25) is 0 Å². The van der Waals surface area contributed by atoms with Gasteiger partial charge in [-0.25, -0.2) is 9.97 Å². The first-order valence-electron chi connectivity index (χ1n) is 26.5. The van der Waals surface area contributed by atoms with Crippen molar-refractivity contribution in [3.8, 4) is 84.7 Å². The molecule has 0 spiro atoms. The average molecular weight is 1160 g/mol. The molecule has 17 heteroatoms. The average Bonchev–Trinajstić information content (AvgIpc) is 1.64. The van der Waals surface area contributed by atoms with Crippen molar-refractivity contribution >= 4 is 43.6 Å². The molecule has 0 unspecified atom stereocenters. The highest BCUT2D eigenvalue weighted by molar-refractivity contribution is 6.12. The molecule has 3 heterocycles. The first-order valence-corrected chi connectivity index (χ1v) is 26.5. The SMILES string of the molecule is N#Cc1ccc(-n2c3ccccc3c3cc(-c4ccc(C(F)(F)F)cc4C(F)(F)F)ccc32)cc1-c1cc(-c2nc(-c3ccccc3)cc(-c3ccccc3)n2)ccc1-n1c2ccccc2c2cc(-c3ccc(C(F)(F)F)cc3C(F)(F)F)ccc21. The molecule has 0 atom stereocenters. The Morgan fingerprint density at radius 1 is 0.326 bits per heavy atom. The summed E-state index contributed by atoms with van der Waals surface area (Å²) in [6, 6.07) is 60.0. The Hall–Kier alpha value is -10.5. The highest BCUT2D eigenvalue weighted by Crippen LogP contribution is 2.47. The van der Waals surface area contributed by atoms with Crippen LogP contribution in [0.15, 0.2) is 224 Å². The summed E-state index contributed by atoms with van der Waals surface area (Å²) in [7, 11) is 0. The second kappa shape index (κ2) is 20.4. The molecule has 13 rings (SSSR count). The van der Waals surface area contributed by atoms with Crippen LogP contribution in [0.2, 0.25) is 0 Å². The number of hydrogen-bond donors (Lipinski definition) is 0. The van der Waals surface area contributed by atoms with Crippen LogP contribution in [0.3, 0.4) is 0 Å². The van der Waals surface area contributed by atoms with Crippen LogP contribution >= 0.6 is 0 Å². The van der Waals surface area contributed by atoms with Gasteiger partial charge < -0.3 is 9.13 Å². The Labute approximate surface area is 480 Å². The summed E-state index contributed by atoms with van der Waals surface area (Å²) < 4.78 is 175. The molecule has 13 aromatic rings. The standard InChI is InChI=1S/C69H37F12N5/c70-66(71,72)45-23-26-48(56(34-45)68(76,77)78)41-20-28-62-53(31-41)50-15-7-9-17-60(50)85(62)47-25-19-44(38-82)52(36-47)55-33-43(65-83-58(39-11-3-1-4-12-39)37-59(84-65)40-13-5-2-6-14-40)22-30-64(55)86-61-18-10-8-16-51(61)54-32-42(21-29-63(54)86)49-27-24-46(67(73,74)75)35-57(49)69(79,80)81/h1-37H. The van der Waals surface area contributed by atoms with Gasteiger partial charge in [-0.15, -0.1) is 0 Å². The van der Waals surface area contributed by atoms with E-state index in [0.717, 1.165) is 23.3 Å². The van der Waals surface area contributed by atoms with Crippen LogP contribution in [-0.4, -0.2) is 19.1 Å². The van der Waals surface area contributed by atoms with Crippen LogP contribution in [0.25, 0.3) is 122 Å². The molecular weight excluding hydrogens is 1130 g/mol. The summed E-state index contributed by atoms with van der Waals surface area (Å²) >= 11 is 0. The minimum Gasteiger partial charge on any atom is -0.309 e. The molecule has 422 valence electrons. The van der Waals surface area contributed by atoms with Crippen LogP contribution in [-0.2, 0) is 24.7 Å². The summed E-state index contributed by atoms with van der Waals surface area (Å²) in [5, 5.41) is 13.2. The van der Waals surface area contributed by atoms with E-state index >= 15 is 0 Å². The van der Waals surface area contributed by atoms with E-state index in [1.807, 2.05) is 94.1 Å². The molecule has 0 bridgehead atoms. The molecule has 10 aromatic carbocycles. The van der Waals surface area contributed by atoms with Crippen molar-refractivity contribution < 1.29 is 52.7 Å². The maximum Gasteiger partial charge on any atom is 0.417 e. The molecule has 0 amide bonds. The van der Waals surface area contributed by atoms with Gasteiger partial charge in [0.2, 0.25) is 0 Å². The largest absolute Gasteiger partial charge is 0.417 e. The van der Waals surface area contributed by atoms with Crippen molar-refractivity contribution in [2.45, 2.75) is 24.7 Å². The lowest BCUT2D eigenvalue weighted by Crippen LogP contribution is -2.12. The van der Waals surface area contributed by atoms with Gasteiger partial charge >= 0.3 is 24.7 Å². The summed E-state index contributed by atoms with van der Waals surface area (Å²) in [6.07, 6.45) is -20.4. The number of fused-ring (bicyclic) bond motifs is 6. The lowest BCUT2D eigenvalue weighted by Gasteiger charge is -2.19. The van der Waals surface area contributed by atoms with E-state index in [-0.39, 0.29) is 28.8 Å². The van der Waals surface area contributed by atoms with Gasteiger partial charge in [-0.05, 0) is 125 Å². The van der Waals surface area contributed by atoms with E-state index in [2.05, 4.69) is 6.07 Å². The zero-order valence-corrected chi connectivity index (χ0v) is 44.1. The fourth-order valence-electron chi connectivity index (χ4n) is 11.4. The summed E-state index contributed by atoms with van der Waals surface area (Å²) in [6.45, 7) is 0. The number of nitriles is 1. The maximum absolute atomic E-state index is 14.7. The Morgan fingerprint density at radius 2 is 0.779 bits per heavy atom. The van der Waals surface area contributed by atoms with Gasteiger partial charge in [0.1, 0.15) is 0 Å². The zero-order valence-electron chi connectivity index (χ0n) is 44.1. The van der Waals surface area contributed by atoms with E-state index in [4.69, 9.17) is 9.97 Å². The third-order valence-electron chi connectivity index (χ3n) is 15.3. The predicted molar refractivity (Wildman–Crippen MR) is 308 cm³/mol. The molecule has 0 radical (unpaired) electrons. The Kier molecular flexibility index (Phi) is 13.0. The Morgan fingerprint density at radius 3 is 1.27 bits per heavy atom. The van der Waals surface area contributed by atoms with Gasteiger partial charge in [0.25, 0.3) is 0 Å². The fraction of sp³-hybridized carbons (Fsp3) is 0.0580. The molecule has 3 aromatic heterocycles. The normalized spacial score (nSPS) is 12.4. The molecule has 0 saturated heterocycles. The van der Waals surface area contributed by atoms with Crippen LogP contribution in [0, 0.1) is 11.3 Å². The molecule has 0 aliphatic carbocycles. The van der Waals surface area contributed by atoms with E-state index in [9.17, 15) is 57.9 Å². The molecule has 0 fully saturated rings. The van der Waals surface area contributed by atoms with Crippen molar-refractivity contribution in [3.05, 3.63) is 252 Å². The fourth-order valence-corrected chi connectivity index (χ4v) is 11.4. The van der Waals surface area contributed by atoms with Gasteiger partial charge in [-0.2, -0.15) is 57.9 Å².